The van der Waals surface area contributed by atoms with E-state index in [0.29, 0.717) is 18.7 Å². The Morgan fingerprint density at radius 1 is 1.40 bits per heavy atom. The van der Waals surface area contributed by atoms with Crippen LogP contribution in [0.2, 0.25) is 0 Å². The van der Waals surface area contributed by atoms with E-state index in [9.17, 15) is 4.79 Å². The number of nitrogen functional groups attached to an aromatic ring is 1. The van der Waals surface area contributed by atoms with Crippen LogP contribution in [0.15, 0.2) is 24.3 Å². The number of cyclic esters (lactones) is 1. The van der Waals surface area contributed by atoms with Crippen molar-refractivity contribution in [2.45, 2.75) is 0 Å². The highest BCUT2D eigenvalue weighted by atomic mass is 16.6. The molecule has 3 N–H and O–H groups in total. The van der Waals surface area contributed by atoms with E-state index in [1.165, 1.54) is 0 Å². The molecule has 0 atom stereocenters. The van der Waals surface area contributed by atoms with Crippen molar-refractivity contribution in [2.75, 3.05) is 18.1 Å². The Hall–Kier alpha value is -2.04. The third-order valence-electron chi connectivity index (χ3n) is 2.25. The zero-order chi connectivity index (χ0) is 10.8. The Balaban J connectivity index is 2.23. The minimum atomic E-state index is -0.328. The molecule has 0 aliphatic carbocycles. The average molecular weight is 205 g/mol. The van der Waals surface area contributed by atoms with Gasteiger partial charge >= 0.3 is 6.09 Å². The predicted octanol–water partition coefficient (Wildman–Crippen LogP) is 0.927. The van der Waals surface area contributed by atoms with Crippen LogP contribution in [0.4, 0.5) is 10.5 Å². The lowest BCUT2D eigenvalue weighted by molar-refractivity contribution is 0.181. The van der Waals surface area contributed by atoms with Gasteiger partial charge in [0.25, 0.3) is 0 Å². The number of anilines is 1. The molecule has 78 valence electrons. The lowest BCUT2D eigenvalue weighted by atomic mass is 10.2. The van der Waals surface area contributed by atoms with E-state index in [0.717, 1.165) is 5.69 Å². The quantitative estimate of drug-likeness (QED) is 0.556. The summed E-state index contributed by atoms with van der Waals surface area (Å²) in [7, 11) is 0. The smallest absolute Gasteiger partial charge is 0.414 e. The predicted molar refractivity (Wildman–Crippen MR) is 56.2 cm³/mol. The average Bonchev–Trinajstić information content (AvgIpc) is 2.65. The van der Waals surface area contributed by atoms with Gasteiger partial charge < -0.3 is 10.5 Å². The van der Waals surface area contributed by atoms with E-state index >= 15 is 0 Å². The highest BCUT2D eigenvalue weighted by Gasteiger charge is 2.23. The number of benzene rings is 1. The first-order chi connectivity index (χ1) is 7.18. The Kier molecular flexibility index (Phi) is 2.29. The van der Waals surface area contributed by atoms with Gasteiger partial charge in [-0.2, -0.15) is 0 Å². The molecule has 1 heterocycles. The fourth-order valence-electron chi connectivity index (χ4n) is 1.45. The first-order valence-corrected chi connectivity index (χ1v) is 4.57. The van der Waals surface area contributed by atoms with Gasteiger partial charge in [-0.15, -0.1) is 0 Å². The summed E-state index contributed by atoms with van der Waals surface area (Å²) in [6, 6.07) is 6.93. The number of amides is 1. The monoisotopic (exact) mass is 205 g/mol. The van der Waals surface area contributed by atoms with Crippen molar-refractivity contribution in [3.63, 3.8) is 0 Å². The van der Waals surface area contributed by atoms with Crippen molar-refractivity contribution in [1.29, 1.82) is 5.41 Å². The molecule has 1 saturated heterocycles. The molecule has 0 saturated carbocycles. The second-order valence-corrected chi connectivity index (χ2v) is 3.23. The minimum Gasteiger partial charge on any atom is -0.447 e. The molecule has 0 spiro atoms. The lowest BCUT2D eigenvalue weighted by Gasteiger charge is -2.12. The fourth-order valence-corrected chi connectivity index (χ4v) is 1.45. The maximum Gasteiger partial charge on any atom is 0.414 e. The summed E-state index contributed by atoms with van der Waals surface area (Å²) >= 11 is 0. The topological polar surface area (TPSA) is 79.4 Å². The summed E-state index contributed by atoms with van der Waals surface area (Å²) in [6.07, 6.45) is -0.328. The number of hydrogen-bond donors (Lipinski definition) is 2. The van der Waals surface area contributed by atoms with Gasteiger partial charge in [0.2, 0.25) is 0 Å². The highest BCUT2D eigenvalue weighted by molar-refractivity contribution is 5.96. The van der Waals surface area contributed by atoms with Gasteiger partial charge in [0.05, 0.1) is 6.54 Å². The van der Waals surface area contributed by atoms with Gasteiger partial charge in [0.15, 0.2) is 0 Å². The molecule has 2 rings (SSSR count). The fraction of sp³-hybridized carbons (Fsp3) is 0.200. The number of ether oxygens (including phenoxy) is 1. The molecule has 0 radical (unpaired) electrons. The molecular formula is C10H11N3O2. The number of nitrogens with one attached hydrogen (secondary N) is 1. The lowest BCUT2D eigenvalue weighted by Crippen LogP contribution is -2.23. The second-order valence-electron chi connectivity index (χ2n) is 3.23. The SMILES string of the molecule is N=C(N)c1ccc(N2CCOC2=O)cc1. The molecule has 5 heteroatoms. The number of carbonyl (C=O) groups is 1. The maximum absolute atomic E-state index is 11.2. The maximum atomic E-state index is 11.2. The van der Waals surface area contributed by atoms with Crippen LogP contribution in [0.3, 0.4) is 0 Å². The zero-order valence-electron chi connectivity index (χ0n) is 8.06. The van der Waals surface area contributed by atoms with Gasteiger partial charge in [-0.05, 0) is 24.3 Å². The Bertz CT molecular complexity index is 400. The Morgan fingerprint density at radius 2 is 2.07 bits per heavy atom. The first kappa shape index (κ1) is 9.51. The summed E-state index contributed by atoms with van der Waals surface area (Å²) in [4.78, 5) is 12.8. The summed E-state index contributed by atoms with van der Waals surface area (Å²) in [5, 5.41) is 7.23. The van der Waals surface area contributed by atoms with Crippen molar-refractivity contribution in [3.05, 3.63) is 29.8 Å². The van der Waals surface area contributed by atoms with Crippen molar-refractivity contribution in [3.8, 4) is 0 Å². The molecule has 0 bridgehead atoms. The normalized spacial score (nSPS) is 15.2. The largest absolute Gasteiger partial charge is 0.447 e. The van der Waals surface area contributed by atoms with Gasteiger partial charge in [-0.25, -0.2) is 4.79 Å². The Morgan fingerprint density at radius 3 is 2.53 bits per heavy atom. The molecule has 1 fully saturated rings. The summed E-state index contributed by atoms with van der Waals surface area (Å²) < 4.78 is 4.82. The van der Waals surface area contributed by atoms with E-state index in [1.807, 2.05) is 0 Å². The second kappa shape index (κ2) is 3.61. The van der Waals surface area contributed by atoms with E-state index < -0.39 is 0 Å². The first-order valence-electron chi connectivity index (χ1n) is 4.57. The van der Waals surface area contributed by atoms with Gasteiger partial charge in [0, 0.05) is 11.3 Å². The summed E-state index contributed by atoms with van der Waals surface area (Å²) in [6.45, 7) is 0.992. The van der Waals surface area contributed by atoms with Crippen LogP contribution < -0.4 is 10.6 Å². The molecule has 0 unspecified atom stereocenters. The van der Waals surface area contributed by atoms with Crippen LogP contribution in [0, 0.1) is 5.41 Å². The molecule has 1 aromatic carbocycles. The van der Waals surface area contributed by atoms with Gasteiger partial charge in [-0.3, -0.25) is 10.3 Å². The molecular weight excluding hydrogens is 194 g/mol. The van der Waals surface area contributed by atoms with Crippen molar-refractivity contribution >= 4 is 17.6 Å². The van der Waals surface area contributed by atoms with Gasteiger partial charge in [-0.1, -0.05) is 0 Å². The molecule has 0 aromatic heterocycles. The van der Waals surface area contributed by atoms with E-state index in [4.69, 9.17) is 15.9 Å². The molecule has 1 amide bonds. The number of nitrogens with zero attached hydrogens (tertiary/aromatic N) is 1. The standard InChI is InChI=1S/C10H11N3O2/c11-9(12)7-1-3-8(4-2-7)13-5-6-15-10(13)14/h1-4H,5-6H2,(H3,11,12). The van der Waals surface area contributed by atoms with Gasteiger partial charge in [0.1, 0.15) is 12.4 Å². The summed E-state index contributed by atoms with van der Waals surface area (Å²) in [5.74, 6) is 0.0190. The zero-order valence-corrected chi connectivity index (χ0v) is 8.06. The number of nitrogens with two attached hydrogens (primary N) is 1. The van der Waals surface area contributed by atoms with Crippen molar-refractivity contribution in [1.82, 2.24) is 0 Å². The third kappa shape index (κ3) is 1.76. The van der Waals surface area contributed by atoms with Crippen LogP contribution >= 0.6 is 0 Å². The minimum absolute atomic E-state index is 0.0190. The number of hydrogen-bond acceptors (Lipinski definition) is 3. The van der Waals surface area contributed by atoms with Crippen molar-refractivity contribution < 1.29 is 9.53 Å². The van der Waals surface area contributed by atoms with E-state index in [-0.39, 0.29) is 11.9 Å². The highest BCUT2D eigenvalue weighted by Crippen LogP contribution is 2.18. The van der Waals surface area contributed by atoms with Crippen LogP contribution in [0.1, 0.15) is 5.56 Å². The Labute approximate surface area is 86.9 Å². The molecule has 15 heavy (non-hydrogen) atoms. The summed E-state index contributed by atoms with van der Waals surface area (Å²) in [5.41, 5.74) is 6.73. The van der Waals surface area contributed by atoms with Crippen LogP contribution in [-0.4, -0.2) is 25.1 Å². The van der Waals surface area contributed by atoms with Crippen LogP contribution in [0.5, 0.6) is 0 Å². The number of amidine groups is 1. The van der Waals surface area contributed by atoms with E-state index in [2.05, 4.69) is 0 Å². The van der Waals surface area contributed by atoms with Crippen LogP contribution in [0.25, 0.3) is 0 Å². The number of carbonyl (C=O) groups excluding carboxylic acids is 1. The van der Waals surface area contributed by atoms with Crippen LogP contribution in [-0.2, 0) is 4.74 Å². The molecule has 1 aliphatic heterocycles. The molecule has 5 nitrogen and oxygen atoms in total. The van der Waals surface area contributed by atoms with Crippen molar-refractivity contribution in [2.24, 2.45) is 5.73 Å². The van der Waals surface area contributed by atoms with E-state index in [1.54, 1.807) is 29.2 Å². The number of rotatable bonds is 2. The molecule has 1 aromatic rings. The third-order valence-corrected chi connectivity index (χ3v) is 2.25. The molecule has 1 aliphatic rings.